The number of imide groups is 1. The fourth-order valence-corrected chi connectivity index (χ4v) is 7.36. The van der Waals surface area contributed by atoms with Crippen LogP contribution in [0.3, 0.4) is 0 Å². The molecule has 1 saturated carbocycles. The third-order valence-electron chi connectivity index (χ3n) is 8.78. The number of nitrogens with one attached hydrogen (secondary N) is 1. The molecule has 2 aliphatic heterocycles. The molecule has 3 atom stereocenters. The first-order valence-corrected chi connectivity index (χ1v) is 15.2. The molecule has 6 rings (SSSR count). The molecular weight excluding hydrogens is 508 g/mol. The molecule has 7 nitrogen and oxygen atoms in total. The highest BCUT2D eigenvalue weighted by atomic mass is 32.1. The summed E-state index contributed by atoms with van der Waals surface area (Å²) in [4.78, 5) is 48.7. The van der Waals surface area contributed by atoms with Gasteiger partial charge in [0.1, 0.15) is 6.04 Å². The number of hydrogen-bond acceptors (Lipinski definition) is 6. The lowest BCUT2D eigenvalue weighted by Gasteiger charge is -2.32. The van der Waals surface area contributed by atoms with Gasteiger partial charge in [0.25, 0.3) is 0 Å². The zero-order valence-corrected chi connectivity index (χ0v) is 23.1. The lowest BCUT2D eigenvalue weighted by Crippen LogP contribution is -2.42. The number of carbonyl (C=O) groups excluding carboxylic acids is 3. The van der Waals surface area contributed by atoms with Crippen LogP contribution in [0.2, 0.25) is 0 Å². The summed E-state index contributed by atoms with van der Waals surface area (Å²) in [6, 6.07) is 15.9. The van der Waals surface area contributed by atoms with Crippen molar-refractivity contribution in [3.05, 3.63) is 64.5 Å². The van der Waals surface area contributed by atoms with Crippen molar-refractivity contribution in [1.29, 1.82) is 0 Å². The molecule has 8 heteroatoms. The zero-order valence-electron chi connectivity index (χ0n) is 22.3. The lowest BCUT2D eigenvalue weighted by atomic mass is 9.81. The number of amides is 3. The Balaban J connectivity index is 1.02. The van der Waals surface area contributed by atoms with Crippen LogP contribution in [0.5, 0.6) is 0 Å². The maximum atomic E-state index is 13.4. The molecule has 3 amide bonds. The van der Waals surface area contributed by atoms with Gasteiger partial charge in [-0.1, -0.05) is 43.2 Å². The summed E-state index contributed by atoms with van der Waals surface area (Å²) in [6.45, 7) is 3.07. The number of thiophene rings is 1. The number of nitrogens with zero attached hydrogens (tertiary/aromatic N) is 3. The summed E-state index contributed by atoms with van der Waals surface area (Å²) in [6.07, 6.45) is 6.26. The van der Waals surface area contributed by atoms with E-state index in [9.17, 15) is 14.4 Å². The van der Waals surface area contributed by atoms with Crippen LogP contribution >= 0.6 is 11.3 Å². The van der Waals surface area contributed by atoms with E-state index in [1.807, 2.05) is 41.8 Å². The van der Waals surface area contributed by atoms with Gasteiger partial charge in [-0.2, -0.15) is 0 Å². The van der Waals surface area contributed by atoms with Crippen molar-refractivity contribution in [3.63, 3.8) is 0 Å². The summed E-state index contributed by atoms with van der Waals surface area (Å²) in [5, 5.41) is 6.43. The van der Waals surface area contributed by atoms with Crippen LogP contribution < -0.4 is 5.32 Å². The molecule has 3 unspecified atom stereocenters. The van der Waals surface area contributed by atoms with E-state index in [1.54, 1.807) is 11.3 Å². The number of rotatable bonds is 8. The second-order valence-corrected chi connectivity index (χ2v) is 12.2. The maximum absolute atomic E-state index is 13.4. The normalized spacial score (nSPS) is 23.2. The first-order valence-electron chi connectivity index (χ1n) is 14.4. The van der Waals surface area contributed by atoms with Gasteiger partial charge in [-0.25, -0.2) is 0 Å². The van der Waals surface area contributed by atoms with E-state index >= 15 is 0 Å². The lowest BCUT2D eigenvalue weighted by molar-refractivity contribution is -0.140. The van der Waals surface area contributed by atoms with Crippen LogP contribution in [0, 0.1) is 17.8 Å². The Morgan fingerprint density at radius 1 is 0.923 bits per heavy atom. The minimum absolute atomic E-state index is 0.0333. The molecule has 3 aliphatic rings. The fourth-order valence-electron chi connectivity index (χ4n) is 6.57. The number of benzene rings is 1. The number of carbonyl (C=O) groups is 3. The van der Waals surface area contributed by atoms with Gasteiger partial charge >= 0.3 is 0 Å². The minimum atomic E-state index is -0.264. The molecule has 0 bridgehead atoms. The number of para-hydroxylation sites is 1. The van der Waals surface area contributed by atoms with Crippen LogP contribution in [0.15, 0.2) is 53.9 Å². The van der Waals surface area contributed by atoms with Gasteiger partial charge in [-0.3, -0.25) is 24.3 Å². The molecule has 4 heterocycles. The predicted molar refractivity (Wildman–Crippen MR) is 152 cm³/mol. The monoisotopic (exact) mass is 544 g/mol. The number of aromatic nitrogens is 1. The van der Waals surface area contributed by atoms with Crippen LogP contribution in [0.25, 0.3) is 10.9 Å². The molecule has 2 aromatic heterocycles. The Labute approximate surface area is 233 Å². The predicted octanol–water partition coefficient (Wildman–Crippen LogP) is 4.78. The van der Waals surface area contributed by atoms with Crippen molar-refractivity contribution in [2.75, 3.05) is 26.2 Å². The topological polar surface area (TPSA) is 82.6 Å². The third kappa shape index (κ3) is 5.50. The number of piperidine rings is 1. The van der Waals surface area contributed by atoms with Crippen molar-refractivity contribution in [1.82, 2.24) is 20.1 Å². The van der Waals surface area contributed by atoms with E-state index in [1.165, 1.54) is 4.90 Å². The molecule has 1 N–H and O–H groups in total. The number of pyridine rings is 1. The molecule has 2 saturated heterocycles. The van der Waals surface area contributed by atoms with Crippen molar-refractivity contribution >= 4 is 40.0 Å². The SMILES string of the molecule is O=C(NC(c1ccc2ccccc2n1)c1cccs1)C1CCN(CCCN2C(=O)C3CCCCC3C2=O)CC1. The van der Waals surface area contributed by atoms with Crippen molar-refractivity contribution in [3.8, 4) is 0 Å². The van der Waals surface area contributed by atoms with Gasteiger partial charge in [-0.15, -0.1) is 11.3 Å². The Morgan fingerprint density at radius 3 is 2.38 bits per heavy atom. The number of likely N-dealkylation sites (tertiary alicyclic amines) is 2. The van der Waals surface area contributed by atoms with Gasteiger partial charge in [0.2, 0.25) is 17.7 Å². The van der Waals surface area contributed by atoms with Gasteiger partial charge in [-0.05, 0) is 75.3 Å². The van der Waals surface area contributed by atoms with E-state index in [-0.39, 0.29) is 41.5 Å². The van der Waals surface area contributed by atoms with Crippen LogP contribution in [-0.2, 0) is 14.4 Å². The standard InChI is InChI=1S/C31H36N4O3S/c36-29(33-28(27-11-5-20-39-27)26-13-12-21-7-1-4-10-25(21)32-26)22-14-18-34(19-15-22)16-6-17-35-30(37)23-8-2-3-9-24(23)31(35)38/h1,4-5,7,10-13,20,22-24,28H,2-3,6,8-9,14-19H2,(H,33,36). The summed E-state index contributed by atoms with van der Waals surface area (Å²) in [5.41, 5.74) is 1.78. The summed E-state index contributed by atoms with van der Waals surface area (Å²) < 4.78 is 0. The molecule has 0 spiro atoms. The Morgan fingerprint density at radius 2 is 1.67 bits per heavy atom. The van der Waals surface area contributed by atoms with Gasteiger partial charge in [0.05, 0.1) is 23.0 Å². The number of hydrogen-bond donors (Lipinski definition) is 1. The average molecular weight is 545 g/mol. The minimum Gasteiger partial charge on any atom is -0.343 e. The second kappa shape index (κ2) is 11.6. The van der Waals surface area contributed by atoms with Crippen molar-refractivity contribution in [2.24, 2.45) is 17.8 Å². The maximum Gasteiger partial charge on any atom is 0.233 e. The largest absolute Gasteiger partial charge is 0.343 e. The fraction of sp³-hybridized carbons (Fsp3) is 0.484. The van der Waals surface area contributed by atoms with E-state index < -0.39 is 0 Å². The first-order chi connectivity index (χ1) is 19.1. The van der Waals surface area contributed by atoms with E-state index in [0.717, 1.165) is 86.1 Å². The highest BCUT2D eigenvalue weighted by Crippen LogP contribution is 2.38. The summed E-state index contributed by atoms with van der Waals surface area (Å²) in [7, 11) is 0. The van der Waals surface area contributed by atoms with Crippen LogP contribution in [0.4, 0.5) is 0 Å². The average Bonchev–Trinajstić information content (AvgIpc) is 3.59. The Hall–Kier alpha value is -3.10. The van der Waals surface area contributed by atoms with Crippen molar-refractivity contribution in [2.45, 2.75) is 51.0 Å². The highest BCUT2D eigenvalue weighted by Gasteiger charge is 2.47. The summed E-state index contributed by atoms with van der Waals surface area (Å²) in [5.74, 6) is 0.0297. The van der Waals surface area contributed by atoms with Crippen LogP contribution in [0.1, 0.15) is 61.6 Å². The molecule has 1 aromatic carbocycles. The van der Waals surface area contributed by atoms with Gasteiger partial charge < -0.3 is 10.2 Å². The smallest absolute Gasteiger partial charge is 0.233 e. The molecule has 39 heavy (non-hydrogen) atoms. The van der Waals surface area contributed by atoms with Crippen molar-refractivity contribution < 1.29 is 14.4 Å². The zero-order chi connectivity index (χ0) is 26.8. The van der Waals surface area contributed by atoms with Crippen LogP contribution in [-0.4, -0.2) is 58.7 Å². The molecule has 3 aromatic rings. The molecule has 1 aliphatic carbocycles. The summed E-state index contributed by atoms with van der Waals surface area (Å²) >= 11 is 1.63. The Bertz CT molecular complexity index is 1310. The van der Waals surface area contributed by atoms with E-state index in [4.69, 9.17) is 4.98 Å². The van der Waals surface area contributed by atoms with E-state index in [2.05, 4.69) is 22.3 Å². The first kappa shape index (κ1) is 26.1. The molecule has 204 valence electrons. The quantitative estimate of drug-likeness (QED) is 0.413. The highest BCUT2D eigenvalue weighted by molar-refractivity contribution is 7.10. The molecule has 0 radical (unpaired) electrons. The second-order valence-electron chi connectivity index (χ2n) is 11.2. The van der Waals surface area contributed by atoms with Gasteiger partial charge in [0.15, 0.2) is 0 Å². The third-order valence-corrected chi connectivity index (χ3v) is 9.71. The number of fused-ring (bicyclic) bond motifs is 2. The van der Waals surface area contributed by atoms with Gasteiger partial charge in [0, 0.05) is 22.7 Å². The molecule has 3 fully saturated rings. The van der Waals surface area contributed by atoms with E-state index in [0.29, 0.717) is 6.54 Å². The Kier molecular flexibility index (Phi) is 7.75. The molecular formula is C31H36N4O3S.